The van der Waals surface area contributed by atoms with Crippen molar-refractivity contribution in [1.82, 2.24) is 0 Å². The maximum Gasteiger partial charge on any atom is 0.335 e. The highest BCUT2D eigenvalue weighted by Crippen LogP contribution is 1.96. The number of allylic oxidation sites excluding steroid dienone is 1. The first-order chi connectivity index (χ1) is 5.54. The standard InChI is InChI=1S/C8H10O4/c1-6(8(11)12)4-2-3-5-7(9)10/h2,4H,1,3,5H2,(H,9,10)(H,11,12)/b4-2+. The van der Waals surface area contributed by atoms with Crippen LogP contribution in [0.25, 0.3) is 0 Å². The summed E-state index contributed by atoms with van der Waals surface area (Å²) in [5.74, 6) is -2.00. The monoisotopic (exact) mass is 170 g/mol. The Morgan fingerprint density at radius 3 is 2.33 bits per heavy atom. The molecule has 0 aromatic rings. The second kappa shape index (κ2) is 5.12. The normalized spacial score (nSPS) is 10.0. The first-order valence-corrected chi connectivity index (χ1v) is 3.34. The van der Waals surface area contributed by atoms with Crippen LogP contribution in [-0.2, 0) is 9.59 Å². The van der Waals surface area contributed by atoms with Gasteiger partial charge in [0, 0.05) is 6.42 Å². The molecule has 2 N–H and O–H groups in total. The molecule has 0 fully saturated rings. The minimum Gasteiger partial charge on any atom is -0.481 e. The maximum absolute atomic E-state index is 10.2. The topological polar surface area (TPSA) is 74.6 Å². The van der Waals surface area contributed by atoms with Crippen molar-refractivity contribution in [3.8, 4) is 0 Å². The zero-order valence-electron chi connectivity index (χ0n) is 6.49. The van der Waals surface area contributed by atoms with E-state index in [9.17, 15) is 9.59 Å². The van der Waals surface area contributed by atoms with Crippen molar-refractivity contribution in [3.05, 3.63) is 24.3 Å². The van der Waals surface area contributed by atoms with Crippen molar-refractivity contribution in [2.75, 3.05) is 0 Å². The maximum atomic E-state index is 10.2. The van der Waals surface area contributed by atoms with Crippen LogP contribution in [0.4, 0.5) is 0 Å². The van der Waals surface area contributed by atoms with Gasteiger partial charge in [-0.15, -0.1) is 0 Å². The summed E-state index contributed by atoms with van der Waals surface area (Å²) < 4.78 is 0. The van der Waals surface area contributed by atoms with Gasteiger partial charge in [0.2, 0.25) is 0 Å². The van der Waals surface area contributed by atoms with Gasteiger partial charge in [0.25, 0.3) is 0 Å². The molecule has 0 aromatic heterocycles. The van der Waals surface area contributed by atoms with Gasteiger partial charge in [-0.05, 0) is 6.42 Å². The van der Waals surface area contributed by atoms with Crippen molar-refractivity contribution in [3.63, 3.8) is 0 Å². The van der Waals surface area contributed by atoms with Crippen LogP contribution < -0.4 is 0 Å². The van der Waals surface area contributed by atoms with E-state index in [2.05, 4.69) is 6.58 Å². The predicted octanol–water partition coefficient (Wildman–Crippen LogP) is 1.05. The minimum absolute atomic E-state index is 0.00337. The van der Waals surface area contributed by atoms with Gasteiger partial charge in [-0.3, -0.25) is 4.79 Å². The van der Waals surface area contributed by atoms with Gasteiger partial charge >= 0.3 is 11.9 Å². The van der Waals surface area contributed by atoms with Crippen LogP contribution in [0.2, 0.25) is 0 Å². The number of hydrogen-bond donors (Lipinski definition) is 2. The molecular weight excluding hydrogens is 160 g/mol. The molecule has 0 aromatic carbocycles. The number of rotatable bonds is 5. The Morgan fingerprint density at radius 1 is 1.33 bits per heavy atom. The van der Waals surface area contributed by atoms with E-state index in [0.717, 1.165) is 0 Å². The lowest BCUT2D eigenvalue weighted by atomic mass is 10.2. The Balaban J connectivity index is 3.70. The van der Waals surface area contributed by atoms with Gasteiger partial charge in [-0.2, -0.15) is 0 Å². The Morgan fingerprint density at radius 2 is 1.92 bits per heavy atom. The van der Waals surface area contributed by atoms with Crippen molar-refractivity contribution in [2.24, 2.45) is 0 Å². The Labute approximate surface area is 69.8 Å². The summed E-state index contributed by atoms with van der Waals surface area (Å²) in [6.07, 6.45) is 3.10. The molecule has 0 amide bonds. The van der Waals surface area contributed by atoms with E-state index < -0.39 is 11.9 Å². The fourth-order valence-electron chi connectivity index (χ4n) is 0.504. The van der Waals surface area contributed by atoms with Crippen LogP contribution in [0.5, 0.6) is 0 Å². The lowest BCUT2D eigenvalue weighted by molar-refractivity contribution is -0.137. The van der Waals surface area contributed by atoms with E-state index in [0.29, 0.717) is 6.42 Å². The van der Waals surface area contributed by atoms with Gasteiger partial charge in [-0.25, -0.2) is 4.79 Å². The molecule has 0 saturated heterocycles. The van der Waals surface area contributed by atoms with E-state index in [-0.39, 0.29) is 12.0 Å². The average Bonchev–Trinajstić information content (AvgIpc) is 1.97. The number of carbonyl (C=O) groups is 2. The first kappa shape index (κ1) is 10.4. The van der Waals surface area contributed by atoms with Gasteiger partial charge in [0.1, 0.15) is 0 Å². The van der Waals surface area contributed by atoms with Crippen LogP contribution in [-0.4, -0.2) is 22.2 Å². The number of carboxylic acid groups (broad SMARTS) is 2. The second-order valence-electron chi connectivity index (χ2n) is 2.17. The van der Waals surface area contributed by atoms with E-state index in [1.54, 1.807) is 0 Å². The summed E-state index contributed by atoms with van der Waals surface area (Å²) in [7, 11) is 0. The highest BCUT2D eigenvalue weighted by Gasteiger charge is 1.97. The number of aliphatic carboxylic acids is 2. The molecule has 0 radical (unpaired) electrons. The molecule has 12 heavy (non-hydrogen) atoms. The quantitative estimate of drug-likeness (QED) is 0.477. The largest absolute Gasteiger partial charge is 0.481 e. The summed E-state index contributed by atoms with van der Waals surface area (Å²) in [4.78, 5) is 20.2. The molecule has 0 aliphatic heterocycles. The van der Waals surface area contributed by atoms with Crippen LogP contribution in [0.3, 0.4) is 0 Å². The van der Waals surface area contributed by atoms with Crippen LogP contribution in [0.15, 0.2) is 24.3 Å². The predicted molar refractivity (Wildman–Crippen MR) is 42.8 cm³/mol. The average molecular weight is 170 g/mol. The van der Waals surface area contributed by atoms with Crippen LogP contribution in [0.1, 0.15) is 12.8 Å². The molecule has 0 spiro atoms. The highest BCUT2D eigenvalue weighted by atomic mass is 16.4. The van der Waals surface area contributed by atoms with Gasteiger partial charge < -0.3 is 10.2 Å². The van der Waals surface area contributed by atoms with Crippen molar-refractivity contribution in [1.29, 1.82) is 0 Å². The van der Waals surface area contributed by atoms with Gasteiger partial charge in [0.05, 0.1) is 5.57 Å². The number of carboxylic acids is 2. The SMILES string of the molecule is C=C(/C=C/CCC(=O)O)C(=O)O. The summed E-state index contributed by atoms with van der Waals surface area (Å²) in [6, 6.07) is 0. The van der Waals surface area contributed by atoms with E-state index in [1.165, 1.54) is 12.2 Å². The molecular formula is C8H10O4. The van der Waals surface area contributed by atoms with Crippen LogP contribution in [0, 0.1) is 0 Å². The van der Waals surface area contributed by atoms with E-state index in [1.807, 2.05) is 0 Å². The molecule has 0 unspecified atom stereocenters. The molecule has 0 rings (SSSR count). The lowest BCUT2D eigenvalue weighted by Crippen LogP contribution is -1.95. The molecule has 0 aliphatic carbocycles. The van der Waals surface area contributed by atoms with Crippen molar-refractivity contribution in [2.45, 2.75) is 12.8 Å². The van der Waals surface area contributed by atoms with Crippen LogP contribution >= 0.6 is 0 Å². The fourth-order valence-corrected chi connectivity index (χ4v) is 0.504. The highest BCUT2D eigenvalue weighted by molar-refractivity contribution is 5.88. The molecule has 0 saturated carbocycles. The summed E-state index contributed by atoms with van der Waals surface area (Å²) in [5.41, 5.74) is -0.0413. The third-order valence-electron chi connectivity index (χ3n) is 1.12. The summed E-state index contributed by atoms with van der Waals surface area (Å²) in [5, 5.41) is 16.5. The fraction of sp³-hybridized carbons (Fsp3) is 0.250. The van der Waals surface area contributed by atoms with Gasteiger partial charge in [-0.1, -0.05) is 18.7 Å². The Kier molecular flexibility index (Phi) is 4.45. The molecule has 4 heteroatoms. The zero-order chi connectivity index (χ0) is 9.56. The molecule has 0 atom stereocenters. The zero-order valence-corrected chi connectivity index (χ0v) is 6.49. The van der Waals surface area contributed by atoms with Crippen molar-refractivity contribution < 1.29 is 19.8 Å². The molecule has 0 bridgehead atoms. The Bertz CT molecular complexity index is 227. The molecule has 66 valence electrons. The molecule has 0 aliphatic rings. The minimum atomic E-state index is -1.10. The summed E-state index contributed by atoms with van der Waals surface area (Å²) in [6.45, 7) is 3.24. The molecule has 0 heterocycles. The smallest absolute Gasteiger partial charge is 0.335 e. The Hall–Kier alpha value is -1.58. The second-order valence-corrected chi connectivity index (χ2v) is 2.17. The third kappa shape index (κ3) is 5.22. The first-order valence-electron chi connectivity index (χ1n) is 3.34. The van der Waals surface area contributed by atoms with E-state index in [4.69, 9.17) is 10.2 Å². The van der Waals surface area contributed by atoms with E-state index >= 15 is 0 Å². The van der Waals surface area contributed by atoms with Gasteiger partial charge in [0.15, 0.2) is 0 Å². The van der Waals surface area contributed by atoms with Crippen molar-refractivity contribution >= 4 is 11.9 Å². The third-order valence-corrected chi connectivity index (χ3v) is 1.12. The number of hydrogen-bond acceptors (Lipinski definition) is 2. The molecule has 4 nitrogen and oxygen atoms in total. The lowest BCUT2D eigenvalue weighted by Gasteiger charge is -1.89. The summed E-state index contributed by atoms with van der Waals surface area (Å²) >= 11 is 0.